The summed E-state index contributed by atoms with van der Waals surface area (Å²) in [6, 6.07) is 5.19. The maximum absolute atomic E-state index is 12.4. The maximum Gasteiger partial charge on any atom is 0.387 e. The Kier molecular flexibility index (Phi) is 6.81. The Morgan fingerprint density at radius 2 is 1.95 bits per heavy atom. The quantitative estimate of drug-likeness (QED) is 0.553. The van der Waals surface area contributed by atoms with Crippen molar-refractivity contribution in [2.24, 2.45) is 0 Å². The molecular formula is C18H23F3O. The first-order valence-electron chi connectivity index (χ1n) is 8.02. The smallest absolute Gasteiger partial charge is 0.387 e. The molecule has 1 saturated carbocycles. The highest BCUT2D eigenvalue weighted by molar-refractivity contribution is 5.57. The summed E-state index contributed by atoms with van der Waals surface area (Å²) in [7, 11) is 0. The summed E-state index contributed by atoms with van der Waals surface area (Å²) in [5.41, 5.74) is 2.11. The van der Waals surface area contributed by atoms with Crippen molar-refractivity contribution in [3.05, 3.63) is 35.4 Å². The van der Waals surface area contributed by atoms with E-state index < -0.39 is 6.61 Å². The zero-order chi connectivity index (χ0) is 15.8. The van der Waals surface area contributed by atoms with Crippen LogP contribution >= 0.6 is 0 Å². The number of hydrogen-bond donors (Lipinski definition) is 0. The summed E-state index contributed by atoms with van der Waals surface area (Å²) in [5.74, 6) is 0.662. The van der Waals surface area contributed by atoms with E-state index in [0.717, 1.165) is 18.4 Å². The molecule has 4 heteroatoms. The van der Waals surface area contributed by atoms with Gasteiger partial charge in [0.15, 0.2) is 0 Å². The molecule has 1 aliphatic carbocycles. The number of ether oxygens (including phenoxy) is 1. The van der Waals surface area contributed by atoms with Crippen molar-refractivity contribution in [2.75, 3.05) is 6.67 Å². The van der Waals surface area contributed by atoms with Crippen LogP contribution in [-0.4, -0.2) is 13.3 Å². The summed E-state index contributed by atoms with van der Waals surface area (Å²) < 4.78 is 41.4. The third-order valence-electron chi connectivity index (χ3n) is 4.13. The van der Waals surface area contributed by atoms with Gasteiger partial charge in [-0.05, 0) is 54.9 Å². The Balaban J connectivity index is 2.19. The lowest BCUT2D eigenvalue weighted by Crippen LogP contribution is -2.07. The van der Waals surface area contributed by atoms with Gasteiger partial charge in [-0.1, -0.05) is 37.5 Å². The summed E-state index contributed by atoms with van der Waals surface area (Å²) >= 11 is 0. The predicted molar refractivity (Wildman–Crippen MR) is 83.1 cm³/mol. The Labute approximate surface area is 130 Å². The Hall–Kier alpha value is -1.45. The van der Waals surface area contributed by atoms with Crippen LogP contribution in [0.3, 0.4) is 0 Å². The van der Waals surface area contributed by atoms with Crippen LogP contribution in [0.4, 0.5) is 13.2 Å². The van der Waals surface area contributed by atoms with Crippen LogP contribution in [0.15, 0.2) is 24.3 Å². The molecule has 0 N–H and O–H groups in total. The van der Waals surface area contributed by atoms with Crippen molar-refractivity contribution in [1.82, 2.24) is 0 Å². The molecular weight excluding hydrogens is 289 g/mol. The molecule has 0 atom stereocenters. The summed E-state index contributed by atoms with van der Waals surface area (Å²) in [6.45, 7) is -3.15. The van der Waals surface area contributed by atoms with Gasteiger partial charge in [-0.2, -0.15) is 8.78 Å². The molecule has 2 rings (SSSR count). The van der Waals surface area contributed by atoms with Gasteiger partial charge in [0, 0.05) is 0 Å². The van der Waals surface area contributed by atoms with Crippen molar-refractivity contribution in [3.8, 4) is 5.75 Å². The van der Waals surface area contributed by atoms with E-state index in [1.807, 2.05) is 18.2 Å². The van der Waals surface area contributed by atoms with Crippen LogP contribution in [0, 0.1) is 0 Å². The van der Waals surface area contributed by atoms with Gasteiger partial charge in [0.05, 0.1) is 6.67 Å². The second-order valence-electron chi connectivity index (χ2n) is 5.74. The van der Waals surface area contributed by atoms with Crippen molar-refractivity contribution in [1.29, 1.82) is 0 Å². The highest BCUT2D eigenvalue weighted by atomic mass is 19.3. The average Bonchev–Trinajstić information content (AvgIpc) is 2.52. The van der Waals surface area contributed by atoms with E-state index >= 15 is 0 Å². The van der Waals surface area contributed by atoms with Crippen LogP contribution in [-0.2, 0) is 0 Å². The molecule has 0 radical (unpaired) electrons. The minimum absolute atomic E-state index is 0.180. The van der Waals surface area contributed by atoms with Crippen molar-refractivity contribution < 1.29 is 17.9 Å². The van der Waals surface area contributed by atoms with Crippen LogP contribution < -0.4 is 4.74 Å². The average molecular weight is 312 g/mol. The Morgan fingerprint density at radius 3 is 2.64 bits per heavy atom. The second-order valence-corrected chi connectivity index (χ2v) is 5.74. The Bertz CT molecular complexity index is 479. The fraction of sp³-hybridized carbons (Fsp3) is 0.556. The van der Waals surface area contributed by atoms with Crippen LogP contribution in [0.2, 0.25) is 0 Å². The van der Waals surface area contributed by atoms with Gasteiger partial charge in [-0.3, -0.25) is 4.39 Å². The van der Waals surface area contributed by atoms with E-state index in [4.69, 9.17) is 0 Å². The molecule has 1 fully saturated rings. The van der Waals surface area contributed by atoms with E-state index in [1.54, 1.807) is 12.1 Å². The summed E-state index contributed by atoms with van der Waals surface area (Å²) in [4.78, 5) is 0. The largest absolute Gasteiger partial charge is 0.435 e. The van der Waals surface area contributed by atoms with Gasteiger partial charge >= 0.3 is 6.61 Å². The highest BCUT2D eigenvalue weighted by Crippen LogP contribution is 2.36. The minimum atomic E-state index is -2.82. The molecule has 0 bridgehead atoms. The van der Waals surface area contributed by atoms with Gasteiger partial charge in [0.25, 0.3) is 0 Å². The van der Waals surface area contributed by atoms with Gasteiger partial charge in [0.2, 0.25) is 0 Å². The standard InChI is InChI=1S/C18H23F3O/c19-12-6-2-5-9-15-13-16(22-18(20)21)10-11-17(15)14-7-3-1-4-8-14/h5,9-11,13-14,18H,1-4,6-8,12H2. The normalized spacial score (nSPS) is 16.5. The van der Waals surface area contributed by atoms with E-state index in [1.165, 1.54) is 24.8 Å². The molecule has 0 unspecified atom stereocenters. The van der Waals surface area contributed by atoms with E-state index in [9.17, 15) is 13.2 Å². The number of halogens is 3. The van der Waals surface area contributed by atoms with Gasteiger partial charge in [-0.15, -0.1) is 0 Å². The number of alkyl halides is 3. The molecule has 1 aromatic carbocycles. The van der Waals surface area contributed by atoms with E-state index in [2.05, 4.69) is 4.74 Å². The first-order valence-corrected chi connectivity index (χ1v) is 8.02. The maximum atomic E-state index is 12.4. The number of unbranched alkanes of at least 4 members (excludes halogenated alkanes) is 1. The lowest BCUT2D eigenvalue weighted by molar-refractivity contribution is -0.0498. The number of hydrogen-bond acceptors (Lipinski definition) is 1. The lowest BCUT2D eigenvalue weighted by atomic mass is 9.82. The van der Waals surface area contributed by atoms with E-state index in [0.29, 0.717) is 18.8 Å². The predicted octanol–water partition coefficient (Wildman–Crippen LogP) is 6.10. The van der Waals surface area contributed by atoms with Crippen molar-refractivity contribution in [2.45, 2.75) is 57.5 Å². The molecule has 122 valence electrons. The number of benzene rings is 1. The molecule has 1 aliphatic rings. The van der Waals surface area contributed by atoms with Crippen molar-refractivity contribution >= 4 is 6.08 Å². The zero-order valence-corrected chi connectivity index (χ0v) is 12.7. The van der Waals surface area contributed by atoms with Crippen LogP contribution in [0.25, 0.3) is 6.08 Å². The summed E-state index contributed by atoms with van der Waals surface area (Å²) in [6.07, 6.45) is 10.9. The second kappa shape index (κ2) is 8.86. The molecule has 0 saturated heterocycles. The molecule has 0 heterocycles. The SMILES string of the molecule is FCCCC=Cc1cc(OC(F)F)ccc1C1CCCCC1. The molecule has 0 amide bonds. The molecule has 0 aromatic heterocycles. The molecule has 0 aliphatic heterocycles. The fourth-order valence-corrected chi connectivity index (χ4v) is 3.06. The minimum Gasteiger partial charge on any atom is -0.435 e. The fourth-order valence-electron chi connectivity index (χ4n) is 3.06. The third-order valence-corrected chi connectivity index (χ3v) is 4.13. The number of rotatable bonds is 7. The third kappa shape index (κ3) is 5.08. The van der Waals surface area contributed by atoms with Gasteiger partial charge in [0.1, 0.15) is 5.75 Å². The highest BCUT2D eigenvalue weighted by Gasteiger charge is 2.18. The molecule has 0 spiro atoms. The lowest BCUT2D eigenvalue weighted by Gasteiger charge is -2.24. The van der Waals surface area contributed by atoms with Crippen LogP contribution in [0.5, 0.6) is 5.75 Å². The topological polar surface area (TPSA) is 9.23 Å². The summed E-state index contributed by atoms with van der Waals surface area (Å²) in [5, 5.41) is 0. The monoisotopic (exact) mass is 312 g/mol. The van der Waals surface area contributed by atoms with Crippen LogP contribution in [0.1, 0.15) is 62.0 Å². The molecule has 1 aromatic rings. The molecule has 22 heavy (non-hydrogen) atoms. The van der Waals surface area contributed by atoms with Gasteiger partial charge < -0.3 is 4.74 Å². The Morgan fingerprint density at radius 1 is 1.18 bits per heavy atom. The zero-order valence-electron chi connectivity index (χ0n) is 12.7. The van der Waals surface area contributed by atoms with E-state index in [-0.39, 0.29) is 12.4 Å². The molecule has 1 nitrogen and oxygen atoms in total. The number of allylic oxidation sites excluding steroid dienone is 1. The first-order chi connectivity index (χ1) is 10.7. The first kappa shape index (κ1) is 16.9. The van der Waals surface area contributed by atoms with Crippen molar-refractivity contribution in [3.63, 3.8) is 0 Å². The van der Waals surface area contributed by atoms with Gasteiger partial charge in [-0.25, -0.2) is 0 Å².